The van der Waals surface area contributed by atoms with Crippen LogP contribution >= 0.6 is 0 Å². The van der Waals surface area contributed by atoms with Crippen LogP contribution in [0.15, 0.2) is 53.4 Å². The highest BCUT2D eigenvalue weighted by atomic mass is 32.2. The van der Waals surface area contributed by atoms with Gasteiger partial charge >= 0.3 is 12.1 Å². The molecule has 0 bridgehead atoms. The van der Waals surface area contributed by atoms with Crippen LogP contribution in [-0.4, -0.2) is 62.0 Å². The summed E-state index contributed by atoms with van der Waals surface area (Å²) < 4.78 is 59.3. The smallest absolute Gasteiger partial charge is 0.475 e. The van der Waals surface area contributed by atoms with E-state index >= 15 is 0 Å². The molecule has 0 aliphatic carbocycles. The van der Waals surface area contributed by atoms with E-state index in [9.17, 15) is 31.2 Å². The van der Waals surface area contributed by atoms with Gasteiger partial charge < -0.3 is 15.3 Å². The Labute approximate surface area is 219 Å². The summed E-state index contributed by atoms with van der Waals surface area (Å²) in [5, 5.41) is 10.0. The maximum Gasteiger partial charge on any atom is 0.490 e. The first-order valence-electron chi connectivity index (χ1n) is 11.8. The first kappa shape index (κ1) is 30.6. The van der Waals surface area contributed by atoms with Crippen molar-refractivity contribution in [2.45, 2.75) is 44.2 Å². The van der Waals surface area contributed by atoms with Crippen LogP contribution in [-0.2, 0) is 19.6 Å². The second-order valence-corrected chi connectivity index (χ2v) is 10.3. The number of amides is 2. The van der Waals surface area contributed by atoms with Gasteiger partial charge in [0.1, 0.15) is 0 Å². The number of benzene rings is 2. The summed E-state index contributed by atoms with van der Waals surface area (Å²) >= 11 is 0. The van der Waals surface area contributed by atoms with Gasteiger partial charge in [-0.3, -0.25) is 14.3 Å². The predicted molar refractivity (Wildman–Crippen MR) is 134 cm³/mol. The summed E-state index contributed by atoms with van der Waals surface area (Å²) in [6, 6.07) is 13.0. The summed E-state index contributed by atoms with van der Waals surface area (Å²) in [6.07, 6.45) is -2.88. The van der Waals surface area contributed by atoms with E-state index in [1.165, 1.54) is 0 Å². The molecule has 208 valence electrons. The lowest BCUT2D eigenvalue weighted by Gasteiger charge is -2.31. The number of hydrogen-bond acceptors (Lipinski definition) is 5. The van der Waals surface area contributed by atoms with Crippen LogP contribution < -0.4 is 10.0 Å². The van der Waals surface area contributed by atoms with Gasteiger partial charge in [0.2, 0.25) is 5.91 Å². The molecule has 2 amide bonds. The highest BCUT2D eigenvalue weighted by Crippen LogP contribution is 2.21. The second-order valence-electron chi connectivity index (χ2n) is 8.66. The number of carboxylic acid groups (broad SMARTS) is 1. The van der Waals surface area contributed by atoms with Crippen LogP contribution in [0, 0.1) is 12.8 Å². The Balaban J connectivity index is 0.000000638. The summed E-state index contributed by atoms with van der Waals surface area (Å²) in [5.41, 5.74) is 1.86. The van der Waals surface area contributed by atoms with Crippen molar-refractivity contribution in [2.24, 2.45) is 5.92 Å². The van der Waals surface area contributed by atoms with E-state index in [1.54, 1.807) is 53.4 Å². The molecule has 1 aliphatic rings. The molecule has 3 N–H and O–H groups in total. The van der Waals surface area contributed by atoms with Gasteiger partial charge in [0.25, 0.3) is 15.9 Å². The summed E-state index contributed by atoms with van der Waals surface area (Å²) in [4.78, 5) is 35.7. The molecule has 0 aromatic heterocycles. The maximum absolute atomic E-state index is 12.8. The number of carboxylic acids is 1. The highest BCUT2D eigenvalue weighted by Gasteiger charge is 2.38. The van der Waals surface area contributed by atoms with Crippen LogP contribution in [0.4, 0.5) is 18.9 Å². The van der Waals surface area contributed by atoms with E-state index in [1.807, 2.05) is 13.8 Å². The van der Waals surface area contributed by atoms with Gasteiger partial charge in [-0.15, -0.1) is 0 Å². The van der Waals surface area contributed by atoms with Crippen molar-refractivity contribution >= 4 is 33.5 Å². The third-order valence-electron chi connectivity index (χ3n) is 5.66. The lowest BCUT2D eigenvalue weighted by molar-refractivity contribution is -0.192. The number of nitrogens with zero attached hydrogens (tertiary/aromatic N) is 1. The molecule has 2 aromatic rings. The van der Waals surface area contributed by atoms with Crippen molar-refractivity contribution < 1.29 is 41.1 Å². The molecule has 1 fully saturated rings. The van der Waals surface area contributed by atoms with Crippen molar-refractivity contribution in [3.05, 3.63) is 59.7 Å². The summed E-state index contributed by atoms with van der Waals surface area (Å²) in [5.74, 6) is -2.85. The Hall–Kier alpha value is -3.61. The minimum Gasteiger partial charge on any atom is -0.475 e. The van der Waals surface area contributed by atoms with Crippen molar-refractivity contribution in [1.29, 1.82) is 0 Å². The molecule has 1 aliphatic heterocycles. The molecule has 1 heterocycles. The number of carbonyl (C=O) groups excluding carboxylic acids is 2. The van der Waals surface area contributed by atoms with Gasteiger partial charge in [0.05, 0.1) is 4.90 Å². The fourth-order valence-electron chi connectivity index (χ4n) is 3.53. The zero-order chi connectivity index (χ0) is 28.5. The van der Waals surface area contributed by atoms with E-state index in [2.05, 4.69) is 10.0 Å². The standard InChI is InChI=1S/C23H29N3O4S.C2HF3O2/c1-3-14-24-22(27)18-12-15-26(16-13-18)23(28)19-6-8-20(9-7-19)25-31(29,30)21-10-4-17(2)5-11-21;3-2(4,5)1(6)7/h4-11,18,25H,3,12-16H2,1-2H3,(H,24,27);(H,6,7). The largest absolute Gasteiger partial charge is 0.490 e. The zero-order valence-electron chi connectivity index (χ0n) is 20.9. The first-order valence-corrected chi connectivity index (χ1v) is 13.3. The predicted octanol–water partition coefficient (Wildman–Crippen LogP) is 3.81. The molecule has 3 rings (SSSR count). The molecule has 9 nitrogen and oxygen atoms in total. The van der Waals surface area contributed by atoms with E-state index in [0.717, 1.165) is 12.0 Å². The van der Waals surface area contributed by atoms with Gasteiger partial charge in [-0.25, -0.2) is 13.2 Å². The van der Waals surface area contributed by atoms with Crippen LogP contribution in [0.25, 0.3) is 0 Å². The highest BCUT2D eigenvalue weighted by molar-refractivity contribution is 7.92. The third-order valence-corrected chi connectivity index (χ3v) is 7.06. The fraction of sp³-hybridized carbons (Fsp3) is 0.400. The monoisotopic (exact) mass is 557 g/mol. The molecule has 38 heavy (non-hydrogen) atoms. The topological polar surface area (TPSA) is 133 Å². The number of carbonyl (C=O) groups is 3. The number of rotatable bonds is 7. The van der Waals surface area contributed by atoms with Crippen LogP contribution in [0.5, 0.6) is 0 Å². The van der Waals surface area contributed by atoms with E-state index in [4.69, 9.17) is 9.90 Å². The molecule has 0 atom stereocenters. The molecule has 0 spiro atoms. The SMILES string of the molecule is CCCNC(=O)C1CCN(C(=O)c2ccc(NS(=O)(=O)c3ccc(C)cc3)cc2)CC1.O=C(O)C(F)(F)F. The van der Waals surface area contributed by atoms with Gasteiger partial charge in [-0.2, -0.15) is 13.2 Å². The van der Waals surface area contributed by atoms with Gasteiger partial charge in [-0.05, 0) is 62.6 Å². The number of alkyl halides is 3. The normalized spacial score (nSPS) is 14.2. The number of aliphatic carboxylic acids is 1. The number of anilines is 1. The molecular formula is C25H30F3N3O6S. The van der Waals surface area contributed by atoms with Crippen LogP contribution in [0.2, 0.25) is 0 Å². The minimum absolute atomic E-state index is 0.0471. The third kappa shape index (κ3) is 9.05. The molecule has 0 unspecified atom stereocenters. The Bertz CT molecular complexity index is 1210. The molecule has 2 aromatic carbocycles. The van der Waals surface area contributed by atoms with Crippen molar-refractivity contribution in [3.8, 4) is 0 Å². The van der Waals surface area contributed by atoms with E-state index in [0.29, 0.717) is 43.7 Å². The first-order chi connectivity index (χ1) is 17.7. The second kappa shape index (κ2) is 13.3. The molecule has 0 saturated carbocycles. The lowest BCUT2D eigenvalue weighted by Crippen LogP contribution is -2.43. The number of halogens is 3. The average molecular weight is 558 g/mol. The zero-order valence-corrected chi connectivity index (χ0v) is 21.7. The summed E-state index contributed by atoms with van der Waals surface area (Å²) in [7, 11) is -3.69. The number of sulfonamides is 1. The van der Waals surface area contributed by atoms with Crippen LogP contribution in [0.1, 0.15) is 42.1 Å². The van der Waals surface area contributed by atoms with Crippen molar-refractivity contribution in [3.63, 3.8) is 0 Å². The minimum atomic E-state index is -5.08. The Morgan fingerprint density at radius 1 is 1.00 bits per heavy atom. The van der Waals surface area contributed by atoms with Crippen molar-refractivity contribution in [1.82, 2.24) is 10.2 Å². The van der Waals surface area contributed by atoms with Gasteiger partial charge in [0, 0.05) is 36.8 Å². The number of likely N-dealkylation sites (tertiary alicyclic amines) is 1. The fourth-order valence-corrected chi connectivity index (χ4v) is 4.59. The number of piperidine rings is 1. The van der Waals surface area contributed by atoms with Crippen molar-refractivity contribution in [2.75, 3.05) is 24.4 Å². The van der Waals surface area contributed by atoms with Gasteiger partial charge in [-0.1, -0.05) is 24.6 Å². The maximum atomic E-state index is 12.8. The van der Waals surface area contributed by atoms with Crippen LogP contribution in [0.3, 0.4) is 0 Å². The number of hydrogen-bond donors (Lipinski definition) is 3. The van der Waals surface area contributed by atoms with E-state index < -0.39 is 22.2 Å². The molecular weight excluding hydrogens is 527 g/mol. The number of nitrogens with one attached hydrogen (secondary N) is 2. The molecule has 1 saturated heterocycles. The lowest BCUT2D eigenvalue weighted by atomic mass is 9.95. The number of aryl methyl sites for hydroxylation is 1. The average Bonchev–Trinajstić information content (AvgIpc) is 2.87. The Kier molecular flexibility index (Phi) is 10.7. The Morgan fingerprint density at radius 3 is 2.00 bits per heavy atom. The molecule has 0 radical (unpaired) electrons. The van der Waals surface area contributed by atoms with Gasteiger partial charge in [0.15, 0.2) is 0 Å². The summed E-state index contributed by atoms with van der Waals surface area (Å²) in [6.45, 7) is 5.65. The van der Waals surface area contributed by atoms with E-state index in [-0.39, 0.29) is 22.6 Å². The quantitative estimate of drug-likeness (QED) is 0.474. The Morgan fingerprint density at radius 2 is 1.53 bits per heavy atom. The molecule has 13 heteroatoms.